The molecule has 36 heavy (non-hydrogen) atoms. The number of nitrogens with one attached hydrogen (secondary N) is 2. The standard InChI is InChI=1S/C28H29N5O3/c34-26-22-8-4-9-23(25(22)27-33(26)13-5-15-36-27)30-28(35)31-24-16-20(10-12-29-24)21-11-14-32(18-21)17-19-6-2-1-3-7-19/h1-4,6-10,12,16,21,27H,5,11,13-15,17-18H2,(H2,29,30,31,35). The third-order valence-corrected chi connectivity index (χ3v) is 7.21. The molecule has 0 spiro atoms. The van der Waals surface area contributed by atoms with Gasteiger partial charge in [0.2, 0.25) is 0 Å². The lowest BCUT2D eigenvalue weighted by atomic mass is 9.99. The lowest BCUT2D eigenvalue weighted by molar-refractivity contribution is -0.0713. The lowest BCUT2D eigenvalue weighted by Crippen LogP contribution is -2.35. The maximum atomic E-state index is 12.9. The maximum Gasteiger partial charge on any atom is 0.324 e. The normalized spacial score (nSPS) is 21.2. The average Bonchev–Trinajstić information content (AvgIpc) is 3.48. The molecule has 8 nitrogen and oxygen atoms in total. The highest BCUT2D eigenvalue weighted by atomic mass is 16.5. The fourth-order valence-corrected chi connectivity index (χ4v) is 5.49. The minimum absolute atomic E-state index is 0.0500. The number of rotatable bonds is 5. The largest absolute Gasteiger partial charge is 0.354 e. The molecule has 2 fully saturated rings. The molecular weight excluding hydrogens is 454 g/mol. The van der Waals surface area contributed by atoms with Crippen LogP contribution in [0.5, 0.6) is 0 Å². The van der Waals surface area contributed by atoms with Gasteiger partial charge in [0.1, 0.15) is 5.82 Å². The van der Waals surface area contributed by atoms with E-state index in [0.717, 1.165) is 38.0 Å². The molecule has 3 aliphatic heterocycles. The molecule has 1 aromatic heterocycles. The number of amides is 3. The zero-order valence-electron chi connectivity index (χ0n) is 20.0. The van der Waals surface area contributed by atoms with Crippen LogP contribution < -0.4 is 10.6 Å². The zero-order valence-corrected chi connectivity index (χ0v) is 20.0. The molecule has 6 rings (SSSR count). The first-order valence-corrected chi connectivity index (χ1v) is 12.5. The summed E-state index contributed by atoms with van der Waals surface area (Å²) in [6.45, 7) is 4.22. The third-order valence-electron chi connectivity index (χ3n) is 7.21. The number of anilines is 2. The van der Waals surface area contributed by atoms with Crippen molar-refractivity contribution >= 4 is 23.4 Å². The summed E-state index contributed by atoms with van der Waals surface area (Å²) in [5.41, 5.74) is 4.39. The van der Waals surface area contributed by atoms with Gasteiger partial charge in [0.25, 0.3) is 5.91 Å². The number of fused-ring (bicyclic) bond motifs is 3. The monoisotopic (exact) mass is 483 g/mol. The number of pyridine rings is 1. The van der Waals surface area contributed by atoms with Crippen LogP contribution in [0.4, 0.5) is 16.3 Å². The van der Waals surface area contributed by atoms with Crippen LogP contribution in [-0.4, -0.2) is 53.0 Å². The summed E-state index contributed by atoms with van der Waals surface area (Å²) in [7, 11) is 0. The van der Waals surface area contributed by atoms with Crippen LogP contribution in [0, 0.1) is 0 Å². The summed E-state index contributed by atoms with van der Waals surface area (Å²) >= 11 is 0. The van der Waals surface area contributed by atoms with Gasteiger partial charge in [-0.15, -0.1) is 0 Å². The molecule has 8 heteroatoms. The summed E-state index contributed by atoms with van der Waals surface area (Å²) < 4.78 is 5.88. The second kappa shape index (κ2) is 9.72. The van der Waals surface area contributed by atoms with Gasteiger partial charge in [-0.25, -0.2) is 9.78 Å². The molecule has 3 amide bonds. The van der Waals surface area contributed by atoms with Crippen LogP contribution in [0.2, 0.25) is 0 Å². The van der Waals surface area contributed by atoms with Crippen molar-refractivity contribution in [2.75, 3.05) is 36.9 Å². The van der Waals surface area contributed by atoms with Crippen LogP contribution >= 0.6 is 0 Å². The fourth-order valence-electron chi connectivity index (χ4n) is 5.49. The maximum absolute atomic E-state index is 12.9. The molecule has 0 aliphatic carbocycles. The van der Waals surface area contributed by atoms with E-state index in [1.54, 1.807) is 29.3 Å². The minimum atomic E-state index is -0.444. The van der Waals surface area contributed by atoms with Gasteiger partial charge in [0.15, 0.2) is 6.23 Å². The molecule has 0 radical (unpaired) electrons. The molecule has 2 unspecified atom stereocenters. The van der Waals surface area contributed by atoms with E-state index in [-0.39, 0.29) is 5.91 Å². The molecule has 184 valence electrons. The van der Waals surface area contributed by atoms with Gasteiger partial charge in [-0.05, 0) is 60.7 Å². The smallest absolute Gasteiger partial charge is 0.324 e. The molecule has 3 aliphatic rings. The van der Waals surface area contributed by atoms with E-state index in [4.69, 9.17) is 4.74 Å². The number of nitrogens with zero attached hydrogens (tertiary/aromatic N) is 3. The zero-order chi connectivity index (χ0) is 24.5. The molecule has 2 N–H and O–H groups in total. The molecule has 4 heterocycles. The quantitative estimate of drug-likeness (QED) is 0.554. The second-order valence-electron chi connectivity index (χ2n) is 9.60. The number of carbonyl (C=O) groups excluding carboxylic acids is 2. The van der Waals surface area contributed by atoms with Crippen LogP contribution in [0.25, 0.3) is 0 Å². The highest BCUT2D eigenvalue weighted by molar-refractivity contribution is 6.04. The Morgan fingerprint density at radius 2 is 1.94 bits per heavy atom. The number of likely N-dealkylation sites (tertiary alicyclic amines) is 1. The van der Waals surface area contributed by atoms with E-state index in [0.29, 0.717) is 36.1 Å². The summed E-state index contributed by atoms with van der Waals surface area (Å²) in [6, 6.07) is 19.5. The van der Waals surface area contributed by atoms with E-state index in [9.17, 15) is 9.59 Å². The Labute approximate surface area is 210 Å². The number of benzene rings is 2. The van der Waals surface area contributed by atoms with E-state index < -0.39 is 12.3 Å². The van der Waals surface area contributed by atoms with Crippen molar-refractivity contribution in [2.45, 2.75) is 31.5 Å². The van der Waals surface area contributed by atoms with Gasteiger partial charge >= 0.3 is 6.03 Å². The van der Waals surface area contributed by atoms with Gasteiger partial charge in [-0.2, -0.15) is 0 Å². The van der Waals surface area contributed by atoms with Crippen molar-refractivity contribution < 1.29 is 14.3 Å². The fraction of sp³-hybridized carbons (Fsp3) is 0.321. The molecule has 0 saturated carbocycles. The summed E-state index contributed by atoms with van der Waals surface area (Å²) in [6.07, 6.45) is 3.19. The van der Waals surface area contributed by atoms with Crippen LogP contribution in [0.15, 0.2) is 66.9 Å². The summed E-state index contributed by atoms with van der Waals surface area (Å²) in [5, 5.41) is 5.78. The van der Waals surface area contributed by atoms with Crippen molar-refractivity contribution in [3.05, 3.63) is 89.1 Å². The van der Waals surface area contributed by atoms with Crippen molar-refractivity contribution in [2.24, 2.45) is 0 Å². The van der Waals surface area contributed by atoms with Crippen LogP contribution in [0.3, 0.4) is 0 Å². The first kappa shape index (κ1) is 22.7. The van der Waals surface area contributed by atoms with Crippen molar-refractivity contribution in [1.82, 2.24) is 14.8 Å². The van der Waals surface area contributed by atoms with Gasteiger partial charge in [-0.3, -0.25) is 15.0 Å². The average molecular weight is 484 g/mol. The molecule has 2 atom stereocenters. The first-order valence-electron chi connectivity index (χ1n) is 12.5. The number of ether oxygens (including phenoxy) is 1. The highest BCUT2D eigenvalue weighted by Crippen LogP contribution is 2.41. The van der Waals surface area contributed by atoms with Crippen LogP contribution in [0.1, 0.15) is 52.0 Å². The van der Waals surface area contributed by atoms with Crippen LogP contribution in [-0.2, 0) is 11.3 Å². The van der Waals surface area contributed by atoms with Gasteiger partial charge in [-0.1, -0.05) is 36.4 Å². The summed E-state index contributed by atoms with van der Waals surface area (Å²) in [4.78, 5) is 34.2. The predicted octanol–water partition coefficient (Wildman–Crippen LogP) is 4.59. The van der Waals surface area contributed by atoms with Gasteiger partial charge < -0.3 is 15.0 Å². The number of hydrogen-bond donors (Lipinski definition) is 2. The Morgan fingerprint density at radius 3 is 2.83 bits per heavy atom. The Hall–Kier alpha value is -3.75. The number of aromatic nitrogens is 1. The van der Waals surface area contributed by atoms with Crippen molar-refractivity contribution in [3.8, 4) is 0 Å². The molecule has 2 aromatic carbocycles. The first-order chi connectivity index (χ1) is 17.7. The number of carbonyl (C=O) groups is 2. The van der Waals surface area contributed by atoms with Gasteiger partial charge in [0.05, 0.1) is 12.3 Å². The Balaban J connectivity index is 1.12. The Morgan fingerprint density at radius 1 is 1.06 bits per heavy atom. The lowest BCUT2D eigenvalue weighted by Gasteiger charge is -2.30. The van der Waals surface area contributed by atoms with E-state index in [2.05, 4.69) is 44.8 Å². The SMILES string of the molecule is O=C(Nc1cc(C2CCN(Cc3ccccc3)C2)ccn1)Nc1cccc2c1C1OCCCN1C2=O. The van der Waals surface area contributed by atoms with E-state index in [1.807, 2.05) is 18.2 Å². The van der Waals surface area contributed by atoms with E-state index in [1.165, 1.54) is 11.1 Å². The number of urea groups is 1. The highest BCUT2D eigenvalue weighted by Gasteiger charge is 2.41. The Kier molecular flexibility index (Phi) is 6.13. The summed E-state index contributed by atoms with van der Waals surface area (Å²) in [5.74, 6) is 0.856. The molecule has 3 aromatic rings. The third kappa shape index (κ3) is 4.45. The Bertz CT molecular complexity index is 1280. The predicted molar refractivity (Wildman–Crippen MR) is 137 cm³/mol. The second-order valence-corrected chi connectivity index (χ2v) is 9.60. The molecular formula is C28H29N5O3. The molecule has 2 saturated heterocycles. The van der Waals surface area contributed by atoms with Crippen molar-refractivity contribution in [3.63, 3.8) is 0 Å². The van der Waals surface area contributed by atoms with Crippen molar-refractivity contribution in [1.29, 1.82) is 0 Å². The number of hydrogen-bond acceptors (Lipinski definition) is 5. The molecule has 0 bridgehead atoms. The van der Waals surface area contributed by atoms with Gasteiger partial charge in [0, 0.05) is 37.0 Å². The topological polar surface area (TPSA) is 86.8 Å². The minimum Gasteiger partial charge on any atom is -0.354 e. The van der Waals surface area contributed by atoms with E-state index >= 15 is 0 Å².